The fourth-order valence-corrected chi connectivity index (χ4v) is 3.12. The van der Waals surface area contributed by atoms with Gasteiger partial charge in [0, 0.05) is 34.4 Å². The van der Waals surface area contributed by atoms with Crippen LogP contribution in [0.3, 0.4) is 0 Å². The molecule has 0 aliphatic rings. The molecule has 1 amide bonds. The van der Waals surface area contributed by atoms with E-state index in [9.17, 15) is 14.9 Å². The van der Waals surface area contributed by atoms with Crippen LogP contribution in [0, 0.1) is 10.1 Å². The number of amides is 1. The molecule has 0 fully saturated rings. The highest BCUT2D eigenvalue weighted by Crippen LogP contribution is 2.24. The molecular formula is C16H11ClN4O3S. The first-order chi connectivity index (χ1) is 12.0. The van der Waals surface area contributed by atoms with E-state index >= 15 is 0 Å². The number of carbonyl (C=O) groups is 1. The van der Waals surface area contributed by atoms with Crippen molar-refractivity contribution in [1.29, 1.82) is 0 Å². The lowest BCUT2D eigenvalue weighted by Gasteiger charge is -2.04. The Labute approximate surface area is 151 Å². The Hall–Kier alpha value is -2.84. The molecule has 1 aromatic carbocycles. The average Bonchev–Trinajstić information content (AvgIpc) is 3.09. The summed E-state index contributed by atoms with van der Waals surface area (Å²) in [5.41, 5.74) is 1.23. The maximum absolute atomic E-state index is 12.2. The largest absolute Gasteiger partial charge is 0.346 e. The van der Waals surface area contributed by atoms with Crippen molar-refractivity contribution < 1.29 is 9.72 Å². The number of nitro groups is 1. The van der Waals surface area contributed by atoms with E-state index in [4.69, 9.17) is 11.6 Å². The molecule has 25 heavy (non-hydrogen) atoms. The first kappa shape index (κ1) is 17.0. The molecule has 1 N–H and O–H groups in total. The molecule has 0 saturated heterocycles. The topological polar surface area (TPSA) is 98.0 Å². The number of benzene rings is 1. The van der Waals surface area contributed by atoms with Crippen molar-refractivity contribution in [3.8, 4) is 10.6 Å². The van der Waals surface area contributed by atoms with Crippen LogP contribution in [-0.4, -0.2) is 20.8 Å². The summed E-state index contributed by atoms with van der Waals surface area (Å²) in [4.78, 5) is 31.1. The first-order valence-corrected chi connectivity index (χ1v) is 8.37. The van der Waals surface area contributed by atoms with Crippen LogP contribution >= 0.6 is 22.9 Å². The Morgan fingerprint density at radius 2 is 2.04 bits per heavy atom. The monoisotopic (exact) mass is 374 g/mol. The zero-order chi connectivity index (χ0) is 17.8. The van der Waals surface area contributed by atoms with Crippen molar-refractivity contribution in [1.82, 2.24) is 15.3 Å². The Morgan fingerprint density at radius 1 is 1.28 bits per heavy atom. The van der Waals surface area contributed by atoms with Gasteiger partial charge in [0.25, 0.3) is 11.6 Å². The number of carbonyl (C=O) groups excluding carboxylic acids is 1. The molecule has 0 saturated carbocycles. The molecular weight excluding hydrogens is 364 g/mol. The van der Waals surface area contributed by atoms with Crippen molar-refractivity contribution in [3.05, 3.63) is 74.5 Å². The Balaban J connectivity index is 1.71. The number of hydrogen-bond acceptors (Lipinski definition) is 6. The summed E-state index contributed by atoms with van der Waals surface area (Å²) in [7, 11) is 0. The molecule has 2 aromatic heterocycles. The van der Waals surface area contributed by atoms with Gasteiger partial charge < -0.3 is 5.32 Å². The summed E-state index contributed by atoms with van der Waals surface area (Å²) >= 11 is 7.19. The molecule has 0 aliphatic carbocycles. The minimum absolute atomic E-state index is 0.0426. The number of hydrogen-bond donors (Lipinski definition) is 1. The highest BCUT2D eigenvalue weighted by atomic mass is 35.5. The van der Waals surface area contributed by atoms with Crippen molar-refractivity contribution in [2.24, 2.45) is 0 Å². The van der Waals surface area contributed by atoms with Crippen molar-refractivity contribution in [2.75, 3.05) is 0 Å². The van der Waals surface area contributed by atoms with Gasteiger partial charge in [-0.3, -0.25) is 19.9 Å². The zero-order valence-electron chi connectivity index (χ0n) is 12.7. The molecule has 0 unspecified atom stereocenters. The van der Waals surface area contributed by atoms with Crippen LogP contribution in [0.15, 0.2) is 48.1 Å². The molecule has 3 aromatic rings. The van der Waals surface area contributed by atoms with Crippen LogP contribution in [0.5, 0.6) is 0 Å². The second-order valence-electron chi connectivity index (χ2n) is 4.98. The number of nitro benzene ring substituents is 1. The van der Waals surface area contributed by atoms with Gasteiger partial charge in [-0.15, -0.1) is 11.3 Å². The Morgan fingerprint density at radius 3 is 2.76 bits per heavy atom. The van der Waals surface area contributed by atoms with Crippen molar-refractivity contribution >= 4 is 34.5 Å². The Bertz CT molecular complexity index is 930. The summed E-state index contributed by atoms with van der Waals surface area (Å²) in [6, 6.07) is 7.62. The highest BCUT2D eigenvalue weighted by molar-refractivity contribution is 7.13. The van der Waals surface area contributed by atoms with E-state index < -0.39 is 10.8 Å². The maximum atomic E-state index is 12.2. The Kier molecular flexibility index (Phi) is 5.01. The average molecular weight is 375 g/mol. The van der Waals surface area contributed by atoms with Crippen LogP contribution in [0.25, 0.3) is 10.6 Å². The SMILES string of the molecule is O=C(NCc1csc(-c2ccncc2)n1)c1ccc(Cl)cc1[N+](=O)[O-]. The second kappa shape index (κ2) is 7.37. The fourth-order valence-electron chi connectivity index (χ4n) is 2.13. The maximum Gasteiger partial charge on any atom is 0.283 e. The zero-order valence-corrected chi connectivity index (χ0v) is 14.3. The van der Waals surface area contributed by atoms with Gasteiger partial charge >= 0.3 is 0 Å². The molecule has 7 nitrogen and oxygen atoms in total. The number of aromatic nitrogens is 2. The lowest BCUT2D eigenvalue weighted by atomic mass is 10.1. The van der Waals surface area contributed by atoms with Gasteiger partial charge in [0.15, 0.2) is 0 Å². The van der Waals surface area contributed by atoms with Crippen LogP contribution in [0.1, 0.15) is 16.1 Å². The molecule has 126 valence electrons. The van der Waals surface area contributed by atoms with Crippen LogP contribution in [-0.2, 0) is 6.54 Å². The summed E-state index contributed by atoms with van der Waals surface area (Å²) in [6.45, 7) is 0.167. The molecule has 0 bridgehead atoms. The van der Waals surface area contributed by atoms with E-state index in [0.717, 1.165) is 16.6 Å². The van der Waals surface area contributed by atoms with E-state index in [2.05, 4.69) is 15.3 Å². The molecule has 0 spiro atoms. The summed E-state index contributed by atoms with van der Waals surface area (Å²) in [6.07, 6.45) is 3.36. The molecule has 0 radical (unpaired) electrons. The van der Waals surface area contributed by atoms with Crippen LogP contribution in [0.2, 0.25) is 5.02 Å². The lowest BCUT2D eigenvalue weighted by molar-refractivity contribution is -0.385. The number of pyridine rings is 1. The lowest BCUT2D eigenvalue weighted by Crippen LogP contribution is -2.23. The summed E-state index contributed by atoms with van der Waals surface area (Å²) < 4.78 is 0. The number of nitrogens with one attached hydrogen (secondary N) is 1. The molecule has 0 atom stereocenters. The van der Waals surface area contributed by atoms with Crippen LogP contribution < -0.4 is 5.32 Å². The number of nitrogens with zero attached hydrogens (tertiary/aromatic N) is 3. The fraction of sp³-hybridized carbons (Fsp3) is 0.0625. The minimum Gasteiger partial charge on any atom is -0.346 e. The third-order valence-corrected chi connectivity index (χ3v) is 4.49. The van der Waals surface area contributed by atoms with E-state index in [0.29, 0.717) is 5.69 Å². The highest BCUT2D eigenvalue weighted by Gasteiger charge is 2.20. The normalized spacial score (nSPS) is 10.4. The standard InChI is InChI=1S/C16H11ClN4O3S/c17-11-1-2-13(14(7-11)21(23)24)15(22)19-8-12-9-25-16(20-12)10-3-5-18-6-4-10/h1-7,9H,8H2,(H,19,22). The van der Waals surface area contributed by atoms with Crippen LogP contribution in [0.4, 0.5) is 5.69 Å². The second-order valence-corrected chi connectivity index (χ2v) is 6.28. The van der Waals surface area contributed by atoms with E-state index in [-0.39, 0.29) is 22.8 Å². The predicted molar refractivity (Wildman–Crippen MR) is 94.6 cm³/mol. The number of halogens is 1. The van der Waals surface area contributed by atoms with Gasteiger partial charge in [-0.05, 0) is 24.3 Å². The third-order valence-electron chi connectivity index (χ3n) is 3.31. The van der Waals surface area contributed by atoms with Gasteiger partial charge in [-0.2, -0.15) is 0 Å². The summed E-state index contributed by atoms with van der Waals surface area (Å²) in [5, 5.41) is 16.5. The van der Waals surface area contributed by atoms with Gasteiger partial charge in [0.1, 0.15) is 10.6 Å². The van der Waals surface area contributed by atoms with Gasteiger partial charge in [0.05, 0.1) is 17.2 Å². The van der Waals surface area contributed by atoms with E-state index in [1.807, 2.05) is 17.5 Å². The van der Waals surface area contributed by atoms with Gasteiger partial charge in [0.2, 0.25) is 0 Å². The number of thiazole rings is 1. The quantitative estimate of drug-likeness (QED) is 0.542. The molecule has 9 heteroatoms. The molecule has 0 aliphatic heterocycles. The number of rotatable bonds is 5. The van der Waals surface area contributed by atoms with E-state index in [1.54, 1.807) is 12.4 Å². The first-order valence-electron chi connectivity index (χ1n) is 7.11. The summed E-state index contributed by atoms with van der Waals surface area (Å²) in [5.74, 6) is -0.554. The predicted octanol–water partition coefficient (Wildman–Crippen LogP) is 3.70. The molecule has 2 heterocycles. The molecule has 3 rings (SSSR count). The van der Waals surface area contributed by atoms with Gasteiger partial charge in [-0.1, -0.05) is 11.6 Å². The van der Waals surface area contributed by atoms with Gasteiger partial charge in [-0.25, -0.2) is 4.98 Å². The third kappa shape index (κ3) is 3.98. The van der Waals surface area contributed by atoms with Crippen molar-refractivity contribution in [3.63, 3.8) is 0 Å². The van der Waals surface area contributed by atoms with Crippen molar-refractivity contribution in [2.45, 2.75) is 6.54 Å². The smallest absolute Gasteiger partial charge is 0.283 e. The minimum atomic E-state index is -0.634. The van der Waals surface area contributed by atoms with E-state index in [1.165, 1.54) is 23.5 Å².